The van der Waals surface area contributed by atoms with Crippen molar-refractivity contribution in [3.05, 3.63) is 12.3 Å². The molecule has 3 nitrogen and oxygen atoms in total. The minimum absolute atomic E-state index is 0.478. The lowest BCUT2D eigenvalue weighted by molar-refractivity contribution is 0.465. The van der Waals surface area contributed by atoms with E-state index in [0.29, 0.717) is 18.6 Å². The average molecular weight is 183 g/mol. The zero-order valence-electron chi connectivity index (χ0n) is 8.47. The predicted octanol–water partition coefficient (Wildman–Crippen LogP) is 0.579. The van der Waals surface area contributed by atoms with Crippen LogP contribution in [0.3, 0.4) is 0 Å². The molecule has 0 spiro atoms. The third kappa shape index (κ3) is 3.79. The van der Waals surface area contributed by atoms with Crippen LogP contribution in [0.25, 0.3) is 0 Å². The van der Waals surface area contributed by atoms with Crippen LogP contribution in [0.15, 0.2) is 12.3 Å². The molecule has 0 amide bonds. The molecule has 0 aromatic heterocycles. The third-order valence-electron chi connectivity index (χ3n) is 2.50. The van der Waals surface area contributed by atoms with Crippen molar-refractivity contribution in [2.24, 2.45) is 5.73 Å². The average Bonchev–Trinajstić information content (AvgIpc) is 2.56. The maximum absolute atomic E-state index is 5.45. The molecule has 1 fully saturated rings. The van der Waals surface area contributed by atoms with E-state index in [1.807, 2.05) is 0 Å². The Morgan fingerprint density at radius 1 is 1.77 bits per heavy atom. The molecule has 4 N–H and O–H groups in total. The number of nitrogens with two attached hydrogens (primary N) is 1. The molecule has 76 valence electrons. The Hall–Kier alpha value is -0.540. The largest absolute Gasteiger partial charge is 0.385 e. The maximum atomic E-state index is 5.45. The van der Waals surface area contributed by atoms with Crippen LogP contribution in [0, 0.1) is 0 Å². The van der Waals surface area contributed by atoms with Gasteiger partial charge in [0.1, 0.15) is 0 Å². The Morgan fingerprint density at radius 2 is 2.54 bits per heavy atom. The number of hydrogen-bond acceptors (Lipinski definition) is 3. The van der Waals surface area contributed by atoms with Gasteiger partial charge >= 0.3 is 0 Å². The van der Waals surface area contributed by atoms with Crippen molar-refractivity contribution in [2.75, 3.05) is 13.1 Å². The molecule has 1 aliphatic rings. The first-order valence-electron chi connectivity index (χ1n) is 5.10. The lowest BCUT2D eigenvalue weighted by Crippen LogP contribution is -2.34. The SMILES string of the molecule is C=C(CN)NC(C)CC1CCCN1. The summed E-state index contributed by atoms with van der Waals surface area (Å²) in [5.74, 6) is 0. The maximum Gasteiger partial charge on any atom is 0.0322 e. The van der Waals surface area contributed by atoms with Crippen LogP contribution in [0.1, 0.15) is 26.2 Å². The van der Waals surface area contributed by atoms with Gasteiger partial charge in [0.05, 0.1) is 0 Å². The zero-order valence-corrected chi connectivity index (χ0v) is 8.47. The molecule has 0 radical (unpaired) electrons. The quantitative estimate of drug-likeness (QED) is 0.584. The molecule has 0 bridgehead atoms. The molecule has 0 aromatic carbocycles. The minimum atomic E-state index is 0.478. The molecule has 3 heteroatoms. The molecule has 1 saturated heterocycles. The van der Waals surface area contributed by atoms with Gasteiger partial charge in [-0.15, -0.1) is 0 Å². The lowest BCUT2D eigenvalue weighted by atomic mass is 10.1. The second-order valence-corrected chi connectivity index (χ2v) is 3.88. The van der Waals surface area contributed by atoms with E-state index >= 15 is 0 Å². The highest BCUT2D eigenvalue weighted by Gasteiger charge is 2.16. The van der Waals surface area contributed by atoms with Gasteiger partial charge in [-0.1, -0.05) is 6.58 Å². The third-order valence-corrected chi connectivity index (χ3v) is 2.50. The monoisotopic (exact) mass is 183 g/mol. The van der Waals surface area contributed by atoms with Crippen LogP contribution in [0.2, 0.25) is 0 Å². The van der Waals surface area contributed by atoms with Gasteiger partial charge in [0, 0.05) is 24.3 Å². The van der Waals surface area contributed by atoms with Crippen LogP contribution >= 0.6 is 0 Å². The molecule has 1 rings (SSSR count). The van der Waals surface area contributed by atoms with Crippen molar-refractivity contribution in [3.63, 3.8) is 0 Å². The van der Waals surface area contributed by atoms with E-state index in [9.17, 15) is 0 Å². The lowest BCUT2D eigenvalue weighted by Gasteiger charge is -2.19. The summed E-state index contributed by atoms with van der Waals surface area (Å²) in [4.78, 5) is 0. The van der Waals surface area contributed by atoms with E-state index < -0.39 is 0 Å². The molecule has 1 aliphatic heterocycles. The summed E-state index contributed by atoms with van der Waals surface area (Å²) in [6, 6.07) is 1.17. The Labute approximate surface area is 80.8 Å². The van der Waals surface area contributed by atoms with Gasteiger partial charge < -0.3 is 16.4 Å². The molecule has 2 unspecified atom stereocenters. The van der Waals surface area contributed by atoms with Crippen molar-refractivity contribution < 1.29 is 0 Å². The minimum Gasteiger partial charge on any atom is -0.385 e. The Morgan fingerprint density at radius 3 is 3.08 bits per heavy atom. The van der Waals surface area contributed by atoms with E-state index in [-0.39, 0.29) is 0 Å². The number of hydrogen-bond donors (Lipinski definition) is 3. The Kier molecular flexibility index (Phi) is 4.25. The first kappa shape index (κ1) is 10.5. The van der Waals surface area contributed by atoms with Crippen LogP contribution in [0.5, 0.6) is 0 Å². The number of nitrogens with one attached hydrogen (secondary N) is 2. The second-order valence-electron chi connectivity index (χ2n) is 3.88. The molecule has 0 saturated carbocycles. The summed E-state index contributed by atoms with van der Waals surface area (Å²) in [7, 11) is 0. The zero-order chi connectivity index (χ0) is 9.68. The van der Waals surface area contributed by atoms with Crippen molar-refractivity contribution in [1.29, 1.82) is 0 Å². The normalized spacial score (nSPS) is 24.3. The molecule has 0 aliphatic carbocycles. The summed E-state index contributed by atoms with van der Waals surface area (Å²) < 4.78 is 0. The fraction of sp³-hybridized carbons (Fsp3) is 0.800. The first-order chi connectivity index (χ1) is 6.22. The van der Waals surface area contributed by atoms with E-state index in [1.165, 1.54) is 25.8 Å². The van der Waals surface area contributed by atoms with E-state index in [0.717, 1.165) is 5.70 Å². The van der Waals surface area contributed by atoms with Gasteiger partial charge in [0.25, 0.3) is 0 Å². The predicted molar refractivity (Wildman–Crippen MR) is 56.4 cm³/mol. The highest BCUT2D eigenvalue weighted by molar-refractivity contribution is 4.95. The van der Waals surface area contributed by atoms with Gasteiger partial charge in [-0.25, -0.2) is 0 Å². The summed E-state index contributed by atoms with van der Waals surface area (Å²) in [5, 5.41) is 6.77. The second kappa shape index (κ2) is 5.25. The van der Waals surface area contributed by atoms with E-state index in [1.54, 1.807) is 0 Å². The van der Waals surface area contributed by atoms with E-state index in [2.05, 4.69) is 24.1 Å². The first-order valence-corrected chi connectivity index (χ1v) is 5.10. The van der Waals surface area contributed by atoms with Gasteiger partial charge in [0.2, 0.25) is 0 Å². The summed E-state index contributed by atoms with van der Waals surface area (Å²) in [6.45, 7) is 7.72. The molecule has 0 aromatic rings. The standard InChI is InChI=1S/C10H21N3/c1-8(13-9(2)7-11)6-10-4-3-5-12-10/h8,10,12-13H,2-7,11H2,1H3. The molecule has 2 atom stereocenters. The Balaban J connectivity index is 2.16. The molecule has 13 heavy (non-hydrogen) atoms. The van der Waals surface area contributed by atoms with Crippen molar-refractivity contribution >= 4 is 0 Å². The van der Waals surface area contributed by atoms with Gasteiger partial charge in [-0.2, -0.15) is 0 Å². The van der Waals surface area contributed by atoms with Crippen LogP contribution < -0.4 is 16.4 Å². The summed E-state index contributed by atoms with van der Waals surface area (Å²) in [6.07, 6.45) is 3.79. The molecular weight excluding hydrogens is 162 g/mol. The molecule has 1 heterocycles. The summed E-state index contributed by atoms with van der Waals surface area (Å²) in [5.41, 5.74) is 6.39. The smallest absolute Gasteiger partial charge is 0.0322 e. The van der Waals surface area contributed by atoms with Crippen molar-refractivity contribution in [2.45, 2.75) is 38.3 Å². The summed E-state index contributed by atoms with van der Waals surface area (Å²) >= 11 is 0. The fourth-order valence-corrected chi connectivity index (χ4v) is 1.85. The van der Waals surface area contributed by atoms with Gasteiger partial charge in [-0.05, 0) is 32.7 Å². The number of rotatable bonds is 5. The van der Waals surface area contributed by atoms with Gasteiger partial charge in [0.15, 0.2) is 0 Å². The van der Waals surface area contributed by atoms with Crippen molar-refractivity contribution in [1.82, 2.24) is 10.6 Å². The highest BCUT2D eigenvalue weighted by atomic mass is 15.0. The Bertz CT molecular complexity index is 162. The van der Waals surface area contributed by atoms with Crippen molar-refractivity contribution in [3.8, 4) is 0 Å². The highest BCUT2D eigenvalue weighted by Crippen LogP contribution is 2.10. The topological polar surface area (TPSA) is 50.1 Å². The van der Waals surface area contributed by atoms with Crippen LogP contribution in [0.4, 0.5) is 0 Å². The van der Waals surface area contributed by atoms with Crippen LogP contribution in [-0.4, -0.2) is 25.2 Å². The fourth-order valence-electron chi connectivity index (χ4n) is 1.85. The van der Waals surface area contributed by atoms with Crippen LogP contribution in [-0.2, 0) is 0 Å². The van der Waals surface area contributed by atoms with Gasteiger partial charge in [-0.3, -0.25) is 0 Å². The van der Waals surface area contributed by atoms with E-state index in [4.69, 9.17) is 5.73 Å². The molecular formula is C10H21N3.